The van der Waals surface area contributed by atoms with Crippen molar-refractivity contribution in [1.29, 1.82) is 0 Å². The van der Waals surface area contributed by atoms with Gasteiger partial charge in [0, 0.05) is 18.3 Å². The lowest BCUT2D eigenvalue weighted by Gasteiger charge is -2.19. The van der Waals surface area contributed by atoms with Crippen LogP contribution in [0.1, 0.15) is 0 Å². The Hall–Kier alpha value is -0.620. The second-order valence-electron chi connectivity index (χ2n) is 3.78. The van der Waals surface area contributed by atoms with Crippen molar-refractivity contribution in [2.24, 2.45) is 0 Å². The number of amides is 1. The summed E-state index contributed by atoms with van der Waals surface area (Å²) < 4.78 is 14.0. The molecule has 1 aliphatic rings. The van der Waals surface area contributed by atoms with Crippen LogP contribution in [0.25, 0.3) is 0 Å². The molecule has 4 nitrogen and oxygen atoms in total. The van der Waals surface area contributed by atoms with Gasteiger partial charge in [0.15, 0.2) is 5.82 Å². The second-order valence-corrected chi connectivity index (χ2v) is 5.01. The molecule has 1 aromatic heterocycles. The van der Waals surface area contributed by atoms with Crippen molar-refractivity contribution in [2.45, 2.75) is 17.6 Å². The van der Waals surface area contributed by atoms with Crippen LogP contribution in [0.15, 0.2) is 18.2 Å². The molecule has 1 aromatic rings. The molecule has 3 atom stereocenters. The molecule has 2 heterocycles. The number of hydrogen-bond donors (Lipinski definition) is 1. The number of anilines is 1. The molecule has 1 unspecified atom stereocenters. The first kappa shape index (κ1) is 13.8. The monoisotopic (exact) mass is 311 g/mol. The molecule has 1 amide bonds. The Morgan fingerprint density at radius 2 is 2.28 bits per heavy atom. The third kappa shape index (κ3) is 2.69. The lowest BCUT2D eigenvalue weighted by Crippen LogP contribution is -2.44. The second kappa shape index (κ2) is 5.57. The van der Waals surface area contributed by atoms with E-state index in [-0.39, 0.29) is 17.5 Å². The van der Waals surface area contributed by atoms with Crippen LogP contribution in [0.5, 0.6) is 0 Å². The van der Waals surface area contributed by atoms with Gasteiger partial charge in [-0.05, 0) is 12.1 Å². The molecule has 1 aliphatic heterocycles. The average Bonchev–Trinajstić information content (AvgIpc) is 2.68. The minimum Gasteiger partial charge on any atom is -0.302 e. The highest BCUT2D eigenvalue weighted by Crippen LogP contribution is 2.23. The summed E-state index contributed by atoms with van der Waals surface area (Å²) in [4.78, 5) is 15.9. The predicted octanol–water partition coefficient (Wildman–Crippen LogP) is 2.14. The fourth-order valence-corrected chi connectivity index (χ4v) is 2.28. The first-order valence-electron chi connectivity index (χ1n) is 5.14. The Morgan fingerprint density at radius 1 is 1.56 bits per heavy atom. The van der Waals surface area contributed by atoms with Crippen molar-refractivity contribution in [3.05, 3.63) is 23.4 Å². The van der Waals surface area contributed by atoms with E-state index in [1.165, 1.54) is 6.07 Å². The Kier molecular flexibility index (Phi) is 4.27. The molecule has 0 radical (unpaired) electrons. The standard InChI is InChI=1S/C10H9Cl3FN3O/c11-6-2-1-3-7(16-6)17(13)10(18)9-8(12)5(14)4-15-9/h1-3,5,8-9,15H,4H2/t5-,8?,9-/m1/s1. The van der Waals surface area contributed by atoms with Gasteiger partial charge < -0.3 is 5.32 Å². The predicted molar refractivity (Wildman–Crippen MR) is 68.9 cm³/mol. The van der Waals surface area contributed by atoms with Gasteiger partial charge in [-0.3, -0.25) is 4.79 Å². The van der Waals surface area contributed by atoms with E-state index in [9.17, 15) is 9.18 Å². The quantitative estimate of drug-likeness (QED) is 0.517. The van der Waals surface area contributed by atoms with E-state index in [1.54, 1.807) is 12.1 Å². The molecule has 8 heteroatoms. The fraction of sp³-hybridized carbons (Fsp3) is 0.400. The third-order valence-electron chi connectivity index (χ3n) is 2.56. The van der Waals surface area contributed by atoms with Crippen LogP contribution in [0.3, 0.4) is 0 Å². The molecule has 0 aromatic carbocycles. The number of halogens is 4. The number of rotatable bonds is 2. The Bertz CT molecular complexity index is 462. The number of carbonyl (C=O) groups excluding carboxylic acids is 1. The molecular weight excluding hydrogens is 303 g/mol. The summed E-state index contributed by atoms with van der Waals surface area (Å²) in [6, 6.07) is 3.80. The van der Waals surface area contributed by atoms with Gasteiger partial charge in [-0.1, -0.05) is 17.7 Å². The van der Waals surface area contributed by atoms with E-state index in [0.717, 1.165) is 4.42 Å². The van der Waals surface area contributed by atoms with Crippen molar-refractivity contribution >= 4 is 46.7 Å². The van der Waals surface area contributed by atoms with Gasteiger partial charge in [0.2, 0.25) is 0 Å². The Morgan fingerprint density at radius 3 is 2.83 bits per heavy atom. The van der Waals surface area contributed by atoms with E-state index >= 15 is 0 Å². The van der Waals surface area contributed by atoms with Crippen LogP contribution >= 0.6 is 35.0 Å². The van der Waals surface area contributed by atoms with Crippen LogP contribution in [-0.2, 0) is 4.79 Å². The van der Waals surface area contributed by atoms with Crippen molar-refractivity contribution in [3.8, 4) is 0 Å². The van der Waals surface area contributed by atoms with E-state index in [4.69, 9.17) is 35.0 Å². The number of nitrogens with zero attached hydrogens (tertiary/aromatic N) is 2. The van der Waals surface area contributed by atoms with Gasteiger partial charge in [0.25, 0.3) is 5.91 Å². The summed E-state index contributed by atoms with van der Waals surface area (Å²) in [7, 11) is 0. The molecule has 0 aliphatic carbocycles. The fourth-order valence-electron chi connectivity index (χ4n) is 1.64. The van der Waals surface area contributed by atoms with Crippen LogP contribution in [0.2, 0.25) is 5.15 Å². The highest BCUT2D eigenvalue weighted by molar-refractivity contribution is 6.38. The summed E-state index contributed by atoms with van der Waals surface area (Å²) in [6.07, 6.45) is -1.28. The summed E-state index contributed by atoms with van der Waals surface area (Å²) in [5.74, 6) is -0.395. The van der Waals surface area contributed by atoms with Crippen molar-refractivity contribution in [1.82, 2.24) is 10.3 Å². The number of nitrogens with one attached hydrogen (secondary N) is 1. The average molecular weight is 313 g/mol. The number of carbonyl (C=O) groups is 1. The molecular formula is C10H9Cl3FN3O. The summed E-state index contributed by atoms with van der Waals surface area (Å²) in [5, 5.41) is 1.94. The molecule has 18 heavy (non-hydrogen) atoms. The van der Waals surface area contributed by atoms with Gasteiger partial charge in [0.1, 0.15) is 17.4 Å². The van der Waals surface area contributed by atoms with Gasteiger partial charge in [-0.15, -0.1) is 11.6 Å². The van der Waals surface area contributed by atoms with Crippen LogP contribution < -0.4 is 9.74 Å². The van der Waals surface area contributed by atoms with Crippen molar-refractivity contribution < 1.29 is 9.18 Å². The van der Waals surface area contributed by atoms with Crippen LogP contribution in [-0.4, -0.2) is 35.0 Å². The van der Waals surface area contributed by atoms with E-state index in [0.29, 0.717) is 0 Å². The zero-order chi connectivity index (χ0) is 13.3. The topological polar surface area (TPSA) is 45.2 Å². The summed E-state index contributed by atoms with van der Waals surface area (Å²) >= 11 is 17.4. The molecule has 1 saturated heterocycles. The first-order valence-corrected chi connectivity index (χ1v) is 6.30. The molecule has 0 spiro atoms. The van der Waals surface area contributed by atoms with Crippen LogP contribution in [0, 0.1) is 0 Å². The molecule has 0 saturated carbocycles. The van der Waals surface area contributed by atoms with Gasteiger partial charge in [0.05, 0.1) is 5.38 Å². The van der Waals surface area contributed by atoms with Gasteiger partial charge in [-0.2, -0.15) is 0 Å². The molecule has 2 rings (SSSR count). The molecule has 98 valence electrons. The van der Waals surface area contributed by atoms with Crippen molar-refractivity contribution in [3.63, 3.8) is 0 Å². The maximum Gasteiger partial charge on any atom is 0.261 e. The zero-order valence-electron chi connectivity index (χ0n) is 8.99. The Labute approximate surface area is 118 Å². The number of pyridine rings is 1. The Balaban J connectivity index is 2.14. The van der Waals surface area contributed by atoms with Crippen LogP contribution in [0.4, 0.5) is 10.2 Å². The smallest absolute Gasteiger partial charge is 0.261 e. The van der Waals surface area contributed by atoms with Gasteiger partial charge in [-0.25, -0.2) is 13.8 Å². The molecule has 0 bridgehead atoms. The number of alkyl halides is 2. The number of hydrogen-bond acceptors (Lipinski definition) is 3. The van der Waals surface area contributed by atoms with E-state index in [1.807, 2.05) is 0 Å². The maximum absolute atomic E-state index is 13.2. The number of aromatic nitrogens is 1. The highest BCUT2D eigenvalue weighted by atomic mass is 35.5. The highest BCUT2D eigenvalue weighted by Gasteiger charge is 2.41. The first-order chi connectivity index (χ1) is 8.50. The van der Waals surface area contributed by atoms with E-state index < -0.39 is 23.5 Å². The largest absolute Gasteiger partial charge is 0.302 e. The summed E-state index contributed by atoms with van der Waals surface area (Å²) in [5.41, 5.74) is 0. The third-order valence-corrected chi connectivity index (χ3v) is 3.63. The summed E-state index contributed by atoms with van der Waals surface area (Å²) in [6.45, 7) is 0.0261. The SMILES string of the molecule is O=C([C@@H]1NC[C@@H](F)C1Cl)N(Cl)c1cccc(Cl)n1. The molecule has 1 fully saturated rings. The zero-order valence-corrected chi connectivity index (χ0v) is 11.3. The minimum absolute atomic E-state index is 0.0261. The van der Waals surface area contributed by atoms with Crippen molar-refractivity contribution in [2.75, 3.05) is 11.0 Å². The minimum atomic E-state index is -1.28. The lowest BCUT2D eigenvalue weighted by molar-refractivity contribution is -0.119. The normalized spacial score (nSPS) is 27.2. The van der Waals surface area contributed by atoms with Gasteiger partial charge >= 0.3 is 0 Å². The maximum atomic E-state index is 13.2. The van der Waals surface area contributed by atoms with E-state index in [2.05, 4.69) is 10.3 Å². The lowest BCUT2D eigenvalue weighted by atomic mass is 10.2. The molecule has 1 N–H and O–H groups in total.